The topological polar surface area (TPSA) is 43.3 Å². The Morgan fingerprint density at radius 2 is 2.12 bits per heavy atom. The number of rotatable bonds is 5. The first kappa shape index (κ1) is 17.2. The number of benzene rings is 1. The number of hydrogen-bond acceptors (Lipinski definition) is 3. The van der Waals surface area contributed by atoms with E-state index in [9.17, 15) is 9.18 Å². The van der Waals surface area contributed by atoms with Crippen LogP contribution in [0.25, 0.3) is 10.2 Å². The minimum absolute atomic E-state index is 0.117. The van der Waals surface area contributed by atoms with Crippen molar-refractivity contribution in [2.75, 3.05) is 6.61 Å². The molecule has 136 valence electrons. The van der Waals surface area contributed by atoms with Crippen LogP contribution in [0.4, 0.5) is 4.39 Å². The molecule has 1 aliphatic heterocycles. The lowest BCUT2D eigenvalue weighted by molar-refractivity contribution is 0.00637. The Hall–Kier alpha value is -2.18. The number of fused-ring (bicyclic) bond motifs is 1. The molecule has 1 aromatic carbocycles. The number of halogens is 1. The van der Waals surface area contributed by atoms with Gasteiger partial charge in [0.15, 0.2) is 0 Å². The van der Waals surface area contributed by atoms with Gasteiger partial charge in [-0.25, -0.2) is 4.39 Å². The molecule has 1 N–H and O–H groups in total. The van der Waals surface area contributed by atoms with E-state index >= 15 is 0 Å². The van der Waals surface area contributed by atoms with E-state index in [2.05, 4.69) is 16.0 Å². The molecule has 0 aliphatic carbocycles. The number of ether oxygens (including phenoxy) is 1. The smallest absolute Gasteiger partial charge is 0.268 e. The molecule has 1 fully saturated rings. The summed E-state index contributed by atoms with van der Waals surface area (Å²) in [6, 6.07) is 10.2. The van der Waals surface area contributed by atoms with Gasteiger partial charge in [0.1, 0.15) is 11.5 Å². The van der Waals surface area contributed by atoms with E-state index in [4.69, 9.17) is 4.74 Å². The molecule has 0 spiro atoms. The first-order valence-electron chi connectivity index (χ1n) is 8.92. The lowest BCUT2D eigenvalue weighted by Crippen LogP contribution is -2.29. The normalized spacial score (nSPS) is 17.5. The summed E-state index contributed by atoms with van der Waals surface area (Å²) in [6.07, 6.45) is 3.47. The maximum absolute atomic E-state index is 13.0. The van der Waals surface area contributed by atoms with Gasteiger partial charge in [-0.05, 0) is 54.5 Å². The molecule has 0 unspecified atom stereocenters. The Labute approximate surface area is 155 Å². The number of carbonyl (C=O) groups is 1. The molecule has 2 aromatic heterocycles. The van der Waals surface area contributed by atoms with Gasteiger partial charge in [-0.2, -0.15) is 0 Å². The van der Waals surface area contributed by atoms with Crippen LogP contribution < -0.4 is 5.32 Å². The molecule has 4 rings (SSSR count). The Kier molecular flexibility index (Phi) is 5.04. The average Bonchev–Trinajstić information content (AvgIpc) is 3.25. The zero-order valence-corrected chi connectivity index (χ0v) is 15.2. The van der Waals surface area contributed by atoms with Gasteiger partial charge in [-0.15, -0.1) is 11.3 Å². The summed E-state index contributed by atoms with van der Waals surface area (Å²) in [6.45, 7) is 1.86. The van der Waals surface area contributed by atoms with Crippen LogP contribution in [0.5, 0.6) is 0 Å². The van der Waals surface area contributed by atoms with Crippen molar-refractivity contribution in [2.24, 2.45) is 0 Å². The SMILES string of the molecule is O=C(NCc1ccc(F)cc1)c1cc2sccc2n1C[C@@H]1CCCCO1. The summed E-state index contributed by atoms with van der Waals surface area (Å²) in [5, 5.41) is 4.99. The van der Waals surface area contributed by atoms with Crippen molar-refractivity contribution >= 4 is 27.5 Å². The van der Waals surface area contributed by atoms with E-state index in [1.807, 2.05) is 11.4 Å². The highest BCUT2D eigenvalue weighted by Gasteiger charge is 2.21. The van der Waals surface area contributed by atoms with E-state index in [0.717, 1.165) is 35.2 Å². The molecule has 0 bridgehead atoms. The fourth-order valence-electron chi connectivity index (χ4n) is 3.39. The maximum Gasteiger partial charge on any atom is 0.268 e. The summed E-state index contributed by atoms with van der Waals surface area (Å²) < 4.78 is 22.1. The van der Waals surface area contributed by atoms with Gasteiger partial charge in [0, 0.05) is 19.7 Å². The number of thiophene rings is 1. The Balaban J connectivity index is 1.52. The van der Waals surface area contributed by atoms with Gasteiger partial charge in [-0.1, -0.05) is 12.1 Å². The fraction of sp³-hybridized carbons (Fsp3) is 0.350. The summed E-state index contributed by atoms with van der Waals surface area (Å²) in [5.41, 5.74) is 2.61. The maximum atomic E-state index is 13.0. The van der Waals surface area contributed by atoms with Crippen molar-refractivity contribution in [1.29, 1.82) is 0 Å². The summed E-state index contributed by atoms with van der Waals surface area (Å²) >= 11 is 1.63. The highest BCUT2D eigenvalue weighted by atomic mass is 32.1. The van der Waals surface area contributed by atoms with Gasteiger partial charge < -0.3 is 14.6 Å². The van der Waals surface area contributed by atoms with E-state index in [-0.39, 0.29) is 17.8 Å². The Morgan fingerprint density at radius 3 is 2.88 bits per heavy atom. The minimum Gasteiger partial charge on any atom is -0.376 e. The molecule has 1 atom stereocenters. The highest BCUT2D eigenvalue weighted by molar-refractivity contribution is 7.17. The monoisotopic (exact) mass is 372 g/mol. The zero-order valence-electron chi connectivity index (χ0n) is 14.4. The third-order valence-electron chi connectivity index (χ3n) is 4.78. The predicted molar refractivity (Wildman–Crippen MR) is 101 cm³/mol. The van der Waals surface area contributed by atoms with Crippen LogP contribution in [-0.2, 0) is 17.8 Å². The molecule has 3 heterocycles. The van der Waals surface area contributed by atoms with Crippen LogP contribution in [-0.4, -0.2) is 23.2 Å². The van der Waals surface area contributed by atoms with Crippen molar-refractivity contribution in [3.05, 3.63) is 58.9 Å². The molecule has 26 heavy (non-hydrogen) atoms. The van der Waals surface area contributed by atoms with Gasteiger partial charge in [-0.3, -0.25) is 4.79 Å². The second-order valence-corrected chi connectivity index (χ2v) is 7.56. The minimum atomic E-state index is -0.276. The van der Waals surface area contributed by atoms with Crippen LogP contribution >= 0.6 is 11.3 Å². The second kappa shape index (κ2) is 7.60. The van der Waals surface area contributed by atoms with Crippen molar-refractivity contribution in [3.63, 3.8) is 0 Å². The predicted octanol–water partition coefficient (Wildman–Crippen LogP) is 4.34. The largest absolute Gasteiger partial charge is 0.376 e. The highest BCUT2D eigenvalue weighted by Crippen LogP contribution is 2.27. The van der Waals surface area contributed by atoms with Gasteiger partial charge in [0.05, 0.1) is 16.3 Å². The lowest BCUT2D eigenvalue weighted by Gasteiger charge is -2.24. The first-order chi connectivity index (χ1) is 12.7. The van der Waals surface area contributed by atoms with E-state index in [0.29, 0.717) is 18.8 Å². The molecule has 0 radical (unpaired) electrons. The van der Waals surface area contributed by atoms with Crippen molar-refractivity contribution in [3.8, 4) is 0 Å². The number of hydrogen-bond donors (Lipinski definition) is 1. The molecule has 3 aromatic rings. The third kappa shape index (κ3) is 3.66. The third-order valence-corrected chi connectivity index (χ3v) is 5.64. The van der Waals surface area contributed by atoms with Crippen LogP contribution in [0.2, 0.25) is 0 Å². The Morgan fingerprint density at radius 1 is 1.27 bits per heavy atom. The number of aromatic nitrogens is 1. The van der Waals surface area contributed by atoms with Crippen molar-refractivity contribution < 1.29 is 13.9 Å². The molecular formula is C20H21FN2O2S. The molecular weight excluding hydrogens is 351 g/mol. The fourth-order valence-corrected chi connectivity index (χ4v) is 4.21. The van der Waals surface area contributed by atoms with E-state index in [1.54, 1.807) is 23.5 Å². The summed E-state index contributed by atoms with van der Waals surface area (Å²) in [4.78, 5) is 12.8. The summed E-state index contributed by atoms with van der Waals surface area (Å²) in [7, 11) is 0. The lowest BCUT2D eigenvalue weighted by atomic mass is 10.1. The van der Waals surface area contributed by atoms with E-state index in [1.165, 1.54) is 18.6 Å². The number of nitrogens with zero attached hydrogens (tertiary/aromatic N) is 1. The number of amides is 1. The first-order valence-corrected chi connectivity index (χ1v) is 9.79. The Bertz CT molecular complexity index is 894. The van der Waals surface area contributed by atoms with Gasteiger partial charge >= 0.3 is 0 Å². The quantitative estimate of drug-likeness (QED) is 0.724. The summed E-state index contributed by atoms with van der Waals surface area (Å²) in [5.74, 6) is -0.393. The number of nitrogens with one attached hydrogen (secondary N) is 1. The van der Waals surface area contributed by atoms with E-state index < -0.39 is 0 Å². The molecule has 4 nitrogen and oxygen atoms in total. The molecule has 6 heteroatoms. The molecule has 1 amide bonds. The van der Waals surface area contributed by atoms with Gasteiger partial charge in [0.2, 0.25) is 0 Å². The zero-order chi connectivity index (χ0) is 17.9. The van der Waals surface area contributed by atoms with Crippen LogP contribution in [0.15, 0.2) is 41.8 Å². The molecule has 1 aliphatic rings. The second-order valence-electron chi connectivity index (χ2n) is 6.61. The van der Waals surface area contributed by atoms with Crippen LogP contribution in [0.3, 0.4) is 0 Å². The molecule has 0 saturated carbocycles. The number of carbonyl (C=O) groups excluding carboxylic acids is 1. The van der Waals surface area contributed by atoms with Crippen LogP contribution in [0, 0.1) is 5.82 Å². The standard InChI is InChI=1S/C20H21FN2O2S/c21-15-6-4-14(5-7-15)12-22-20(24)18-11-19-17(8-10-26-19)23(18)13-16-3-1-2-9-25-16/h4-8,10-11,16H,1-3,9,12-13H2,(H,22,24)/t16-/m0/s1. The van der Waals surface area contributed by atoms with Crippen molar-refractivity contribution in [2.45, 2.75) is 38.5 Å². The van der Waals surface area contributed by atoms with Gasteiger partial charge in [0.25, 0.3) is 5.91 Å². The van der Waals surface area contributed by atoms with Crippen molar-refractivity contribution in [1.82, 2.24) is 9.88 Å². The average molecular weight is 372 g/mol. The van der Waals surface area contributed by atoms with Crippen LogP contribution in [0.1, 0.15) is 35.3 Å². The molecule has 1 saturated heterocycles.